The van der Waals surface area contributed by atoms with Crippen molar-refractivity contribution in [2.45, 2.75) is 65.0 Å². The summed E-state index contributed by atoms with van der Waals surface area (Å²) in [6, 6.07) is 0.716. The van der Waals surface area contributed by atoms with Crippen molar-refractivity contribution in [2.24, 2.45) is 11.3 Å². The van der Waals surface area contributed by atoms with Gasteiger partial charge in [-0.25, -0.2) is 0 Å². The normalized spacial score (nSPS) is 40.9. The number of hydrogen-bond donors (Lipinski definition) is 1. The van der Waals surface area contributed by atoms with Crippen LogP contribution >= 0.6 is 0 Å². The number of aliphatic hydroxyl groups is 1. The van der Waals surface area contributed by atoms with Gasteiger partial charge in [-0.3, -0.25) is 4.90 Å². The molecule has 0 aromatic carbocycles. The van der Waals surface area contributed by atoms with Crippen molar-refractivity contribution in [2.75, 3.05) is 13.1 Å². The number of rotatable bonds is 1. The van der Waals surface area contributed by atoms with Crippen LogP contribution in [0.15, 0.2) is 0 Å². The Morgan fingerprint density at radius 3 is 2.62 bits per heavy atom. The Hall–Kier alpha value is -0.0800. The van der Waals surface area contributed by atoms with E-state index in [1.54, 1.807) is 0 Å². The second-order valence-electron chi connectivity index (χ2n) is 6.86. The highest BCUT2D eigenvalue weighted by molar-refractivity contribution is 4.89. The summed E-state index contributed by atoms with van der Waals surface area (Å²) in [7, 11) is 0. The van der Waals surface area contributed by atoms with Gasteiger partial charge in [-0.1, -0.05) is 20.8 Å². The summed E-state index contributed by atoms with van der Waals surface area (Å²) in [6.45, 7) is 9.29. The van der Waals surface area contributed by atoms with Gasteiger partial charge >= 0.3 is 0 Å². The van der Waals surface area contributed by atoms with Crippen LogP contribution in [-0.4, -0.2) is 35.2 Å². The van der Waals surface area contributed by atoms with E-state index in [1.165, 1.54) is 32.2 Å². The molecule has 1 saturated heterocycles. The molecule has 1 aliphatic heterocycles. The summed E-state index contributed by atoms with van der Waals surface area (Å²) in [5.74, 6) is 0.841. The van der Waals surface area contributed by atoms with Crippen LogP contribution in [-0.2, 0) is 0 Å². The zero-order chi connectivity index (χ0) is 11.8. The summed E-state index contributed by atoms with van der Waals surface area (Å²) >= 11 is 0. The molecule has 3 atom stereocenters. The summed E-state index contributed by atoms with van der Waals surface area (Å²) in [5.41, 5.74) is 0.491. The highest BCUT2D eigenvalue weighted by Crippen LogP contribution is 2.40. The van der Waals surface area contributed by atoms with Crippen LogP contribution in [0.4, 0.5) is 0 Å². The molecule has 0 bridgehead atoms. The van der Waals surface area contributed by atoms with Gasteiger partial charge in [0.1, 0.15) is 0 Å². The van der Waals surface area contributed by atoms with Gasteiger partial charge in [-0.2, -0.15) is 0 Å². The number of nitrogens with zero attached hydrogens (tertiary/aromatic N) is 1. The average molecular weight is 225 g/mol. The second kappa shape index (κ2) is 4.66. The fraction of sp³-hybridized carbons (Fsp3) is 1.00. The molecular formula is C14H27NO. The maximum atomic E-state index is 9.76. The van der Waals surface area contributed by atoms with Crippen LogP contribution in [0.2, 0.25) is 0 Å². The van der Waals surface area contributed by atoms with E-state index in [0.29, 0.717) is 11.5 Å². The van der Waals surface area contributed by atoms with Crippen molar-refractivity contribution in [3.63, 3.8) is 0 Å². The first-order valence-corrected chi connectivity index (χ1v) is 6.88. The Morgan fingerprint density at radius 1 is 1.25 bits per heavy atom. The molecule has 0 radical (unpaired) electrons. The lowest BCUT2D eigenvalue weighted by Crippen LogP contribution is -2.48. The minimum absolute atomic E-state index is 0.0749. The minimum Gasteiger partial charge on any atom is -0.392 e. The number of hydrogen-bond acceptors (Lipinski definition) is 2. The van der Waals surface area contributed by atoms with Crippen LogP contribution in [0, 0.1) is 11.3 Å². The van der Waals surface area contributed by atoms with Crippen molar-refractivity contribution in [3.8, 4) is 0 Å². The lowest BCUT2D eigenvalue weighted by molar-refractivity contribution is 0.00633. The second-order valence-corrected chi connectivity index (χ2v) is 6.86. The third-order valence-corrected chi connectivity index (χ3v) is 4.31. The van der Waals surface area contributed by atoms with Crippen molar-refractivity contribution < 1.29 is 5.11 Å². The van der Waals surface area contributed by atoms with Gasteiger partial charge in [0.05, 0.1) is 6.10 Å². The van der Waals surface area contributed by atoms with E-state index in [-0.39, 0.29) is 6.10 Å². The smallest absolute Gasteiger partial charge is 0.0667 e. The highest BCUT2D eigenvalue weighted by Gasteiger charge is 2.36. The number of β-amino-alcohol motifs (C(OH)–C–C–N with tert-alkyl or cyclic N) is 1. The van der Waals surface area contributed by atoms with E-state index in [0.717, 1.165) is 18.9 Å². The number of likely N-dealkylation sites (tertiary alicyclic amines) is 1. The van der Waals surface area contributed by atoms with E-state index in [9.17, 15) is 5.11 Å². The van der Waals surface area contributed by atoms with Gasteiger partial charge in [0.2, 0.25) is 0 Å². The molecule has 2 fully saturated rings. The molecule has 1 saturated carbocycles. The van der Waals surface area contributed by atoms with Gasteiger partial charge in [-0.15, -0.1) is 0 Å². The standard InChI is InChI=1S/C14H27NO/c1-11-7-12(9-14(2,3)8-11)15-6-4-5-13(16)10-15/h11-13,16H,4-10H2,1-3H3/t11-,12-,13-/m1/s1. The summed E-state index contributed by atoms with van der Waals surface area (Å²) in [5, 5.41) is 9.76. The van der Waals surface area contributed by atoms with E-state index < -0.39 is 0 Å². The molecule has 1 heterocycles. The van der Waals surface area contributed by atoms with Crippen LogP contribution < -0.4 is 0 Å². The molecule has 0 amide bonds. The van der Waals surface area contributed by atoms with Crippen LogP contribution in [0.1, 0.15) is 52.9 Å². The Balaban J connectivity index is 1.97. The Bertz CT molecular complexity index is 239. The van der Waals surface area contributed by atoms with Gasteiger partial charge in [0.15, 0.2) is 0 Å². The van der Waals surface area contributed by atoms with Crippen molar-refractivity contribution in [1.82, 2.24) is 4.90 Å². The molecule has 0 aromatic rings. The zero-order valence-corrected chi connectivity index (χ0v) is 11.1. The lowest BCUT2D eigenvalue weighted by Gasteiger charge is -2.45. The Kier molecular flexibility index (Phi) is 3.60. The first-order chi connectivity index (χ1) is 7.46. The van der Waals surface area contributed by atoms with Gasteiger partial charge in [0.25, 0.3) is 0 Å². The first kappa shape index (κ1) is 12.4. The predicted octanol–water partition coefficient (Wildman–Crippen LogP) is 2.66. The van der Waals surface area contributed by atoms with Crippen molar-refractivity contribution in [3.05, 3.63) is 0 Å². The third kappa shape index (κ3) is 2.98. The third-order valence-electron chi connectivity index (χ3n) is 4.31. The highest BCUT2D eigenvalue weighted by atomic mass is 16.3. The lowest BCUT2D eigenvalue weighted by atomic mass is 9.70. The van der Waals surface area contributed by atoms with E-state index >= 15 is 0 Å². The molecule has 16 heavy (non-hydrogen) atoms. The molecule has 0 aromatic heterocycles. The zero-order valence-electron chi connectivity index (χ0n) is 11.1. The van der Waals surface area contributed by atoms with E-state index in [1.807, 2.05) is 0 Å². The molecule has 0 spiro atoms. The maximum Gasteiger partial charge on any atom is 0.0667 e. The monoisotopic (exact) mass is 225 g/mol. The molecule has 2 aliphatic rings. The SMILES string of the molecule is C[C@@H]1C[C@@H](N2CCC[C@@H](O)C2)CC(C)(C)C1. The number of aliphatic hydroxyl groups excluding tert-OH is 1. The quantitative estimate of drug-likeness (QED) is 0.741. The molecule has 94 valence electrons. The van der Waals surface area contributed by atoms with Crippen LogP contribution in [0.25, 0.3) is 0 Å². The summed E-state index contributed by atoms with van der Waals surface area (Å²) in [4.78, 5) is 2.55. The summed E-state index contributed by atoms with van der Waals surface area (Å²) in [6.07, 6.45) is 6.10. The van der Waals surface area contributed by atoms with Gasteiger partial charge < -0.3 is 5.11 Å². The van der Waals surface area contributed by atoms with E-state index in [2.05, 4.69) is 25.7 Å². The van der Waals surface area contributed by atoms with Crippen molar-refractivity contribution in [1.29, 1.82) is 0 Å². The average Bonchev–Trinajstić information content (AvgIpc) is 2.14. The molecule has 1 aliphatic carbocycles. The fourth-order valence-electron chi connectivity index (χ4n) is 3.89. The molecule has 2 nitrogen and oxygen atoms in total. The largest absolute Gasteiger partial charge is 0.392 e. The molecule has 1 N–H and O–H groups in total. The number of piperidine rings is 1. The van der Waals surface area contributed by atoms with Gasteiger partial charge in [-0.05, 0) is 50.0 Å². The van der Waals surface area contributed by atoms with Crippen LogP contribution in [0.3, 0.4) is 0 Å². The molecule has 0 unspecified atom stereocenters. The summed E-state index contributed by atoms with van der Waals surface area (Å²) < 4.78 is 0. The molecule has 2 rings (SSSR count). The topological polar surface area (TPSA) is 23.5 Å². The Labute approximate surface area is 100 Å². The first-order valence-electron chi connectivity index (χ1n) is 6.88. The van der Waals surface area contributed by atoms with Crippen molar-refractivity contribution >= 4 is 0 Å². The van der Waals surface area contributed by atoms with Gasteiger partial charge in [0, 0.05) is 12.6 Å². The predicted molar refractivity (Wildman–Crippen MR) is 67.4 cm³/mol. The van der Waals surface area contributed by atoms with E-state index in [4.69, 9.17) is 0 Å². The molecule has 2 heteroatoms. The minimum atomic E-state index is -0.0749. The maximum absolute atomic E-state index is 9.76. The Morgan fingerprint density at radius 2 is 2.00 bits per heavy atom. The molecular weight excluding hydrogens is 198 g/mol. The van der Waals surface area contributed by atoms with Crippen LogP contribution in [0.5, 0.6) is 0 Å². The fourth-order valence-corrected chi connectivity index (χ4v) is 3.89.